The highest BCUT2D eigenvalue weighted by Gasteiger charge is 2.38. The van der Waals surface area contributed by atoms with Crippen LogP contribution < -0.4 is 5.43 Å². The number of halogens is 3. The number of Topliss-reactive ketones (excluding diaryl/α,β-unsaturated/α-hetero) is 1. The van der Waals surface area contributed by atoms with Crippen molar-refractivity contribution < 1.29 is 22.8 Å². The second kappa shape index (κ2) is 7.28. The third-order valence-electron chi connectivity index (χ3n) is 1.83. The predicted molar refractivity (Wildman–Crippen MR) is 64.3 cm³/mol. The summed E-state index contributed by atoms with van der Waals surface area (Å²) in [5.41, 5.74) is 1.42. The van der Waals surface area contributed by atoms with E-state index in [2.05, 4.69) is 5.10 Å². The minimum atomic E-state index is -4.94. The number of nitriles is 1. The number of carbonyl (C=O) groups excluding carboxylic acids is 2. The van der Waals surface area contributed by atoms with Gasteiger partial charge >= 0.3 is 6.18 Å². The molecule has 0 saturated heterocycles. The molecule has 1 N–H and O–H groups in total. The van der Waals surface area contributed by atoms with Crippen LogP contribution in [0.1, 0.15) is 13.3 Å². The normalized spacial score (nSPS) is 12.7. The van der Waals surface area contributed by atoms with Crippen LogP contribution in [0.3, 0.4) is 0 Å². The molecular weight excluding hydrogens is 277 g/mol. The average molecular weight is 290 g/mol. The van der Waals surface area contributed by atoms with Gasteiger partial charge in [0.1, 0.15) is 11.6 Å². The maximum absolute atomic E-state index is 12.0. The molecule has 0 saturated carbocycles. The van der Waals surface area contributed by atoms with Gasteiger partial charge in [-0.05, 0) is 6.92 Å². The molecule has 110 valence electrons. The molecule has 0 aromatic heterocycles. The summed E-state index contributed by atoms with van der Waals surface area (Å²) in [6.45, 7) is 1.16. The van der Waals surface area contributed by atoms with Gasteiger partial charge in [-0.1, -0.05) is 0 Å². The van der Waals surface area contributed by atoms with Gasteiger partial charge < -0.3 is 4.90 Å². The fourth-order valence-corrected chi connectivity index (χ4v) is 0.975. The van der Waals surface area contributed by atoms with E-state index in [9.17, 15) is 22.8 Å². The molecule has 20 heavy (non-hydrogen) atoms. The number of rotatable bonds is 5. The predicted octanol–water partition coefficient (Wildman–Crippen LogP) is 0.969. The minimum absolute atomic E-state index is 0.220. The summed E-state index contributed by atoms with van der Waals surface area (Å²) in [4.78, 5) is 23.6. The van der Waals surface area contributed by atoms with Crippen molar-refractivity contribution in [1.82, 2.24) is 10.3 Å². The highest BCUT2D eigenvalue weighted by atomic mass is 19.4. The number of ketones is 1. The summed E-state index contributed by atoms with van der Waals surface area (Å²) in [7, 11) is 3.17. The van der Waals surface area contributed by atoms with E-state index in [1.54, 1.807) is 20.2 Å². The molecule has 0 aliphatic rings. The molecule has 0 aromatic rings. The summed E-state index contributed by atoms with van der Waals surface area (Å²) in [6.07, 6.45) is -4.67. The maximum Gasteiger partial charge on any atom is 0.450 e. The van der Waals surface area contributed by atoms with Gasteiger partial charge in [0.05, 0.1) is 6.42 Å². The molecule has 0 aliphatic carbocycles. The lowest BCUT2D eigenvalue weighted by molar-refractivity contribution is -0.169. The van der Waals surface area contributed by atoms with E-state index in [-0.39, 0.29) is 11.3 Å². The summed E-state index contributed by atoms with van der Waals surface area (Å²) in [5.74, 6) is -2.84. The lowest BCUT2D eigenvalue weighted by Gasteiger charge is -2.06. The van der Waals surface area contributed by atoms with E-state index in [4.69, 9.17) is 5.26 Å². The van der Waals surface area contributed by atoms with Gasteiger partial charge in [-0.2, -0.15) is 23.5 Å². The van der Waals surface area contributed by atoms with Crippen molar-refractivity contribution in [2.24, 2.45) is 5.10 Å². The van der Waals surface area contributed by atoms with Crippen LogP contribution in [-0.4, -0.2) is 42.6 Å². The van der Waals surface area contributed by atoms with Crippen molar-refractivity contribution in [1.29, 1.82) is 5.26 Å². The molecular formula is C11H13F3N4O2. The number of alkyl halides is 3. The molecule has 0 aliphatic heterocycles. The molecule has 0 radical (unpaired) electrons. The molecule has 1 amide bonds. The van der Waals surface area contributed by atoms with E-state index >= 15 is 0 Å². The van der Waals surface area contributed by atoms with Crippen LogP contribution in [0.2, 0.25) is 0 Å². The number of nitrogens with zero attached hydrogens (tertiary/aromatic N) is 3. The van der Waals surface area contributed by atoms with Crippen molar-refractivity contribution in [2.75, 3.05) is 14.1 Å². The Morgan fingerprint density at radius 1 is 1.40 bits per heavy atom. The van der Waals surface area contributed by atoms with Crippen LogP contribution >= 0.6 is 0 Å². The topological polar surface area (TPSA) is 85.6 Å². The van der Waals surface area contributed by atoms with Gasteiger partial charge in [-0.3, -0.25) is 9.59 Å². The number of hydrogen-bond acceptors (Lipinski definition) is 5. The number of hydrazone groups is 1. The number of nitrogens with one attached hydrogen (secondary N) is 1. The standard InChI is InChI=1S/C11H13F3N4O2/c1-7(4-9(19)11(12,13)14)16-17-10(20)8(5-15)6-18(2)3/h6H,4H2,1-3H3,(H,17,20)/b8-6+,16-7?. The molecule has 0 spiro atoms. The average Bonchev–Trinajstić information content (AvgIpc) is 2.31. The Kier molecular flexibility index (Phi) is 6.41. The maximum atomic E-state index is 12.0. The third-order valence-corrected chi connectivity index (χ3v) is 1.83. The summed E-state index contributed by atoms with van der Waals surface area (Å²) in [5, 5.41) is 12.0. The van der Waals surface area contributed by atoms with E-state index in [0.29, 0.717) is 0 Å². The Bertz CT molecular complexity index is 487. The zero-order valence-electron chi connectivity index (χ0n) is 11.1. The first-order valence-corrected chi connectivity index (χ1v) is 5.29. The summed E-state index contributed by atoms with van der Waals surface area (Å²) >= 11 is 0. The Labute approximate surface area is 113 Å². The van der Waals surface area contributed by atoms with Crippen molar-refractivity contribution in [2.45, 2.75) is 19.5 Å². The highest BCUT2D eigenvalue weighted by molar-refractivity contribution is 6.04. The first-order valence-electron chi connectivity index (χ1n) is 5.29. The monoisotopic (exact) mass is 290 g/mol. The quantitative estimate of drug-likeness (QED) is 0.354. The van der Waals surface area contributed by atoms with E-state index < -0.39 is 24.3 Å². The largest absolute Gasteiger partial charge is 0.450 e. The molecule has 9 heteroatoms. The highest BCUT2D eigenvalue weighted by Crippen LogP contribution is 2.17. The molecule has 0 unspecified atom stereocenters. The molecule has 0 rings (SSSR count). The van der Waals surface area contributed by atoms with Gasteiger partial charge in [0.2, 0.25) is 5.78 Å². The van der Waals surface area contributed by atoms with Crippen molar-refractivity contribution >= 4 is 17.4 Å². The summed E-state index contributed by atoms with van der Waals surface area (Å²) < 4.78 is 36.0. The Morgan fingerprint density at radius 3 is 2.35 bits per heavy atom. The van der Waals surface area contributed by atoms with Crippen LogP contribution in [0.15, 0.2) is 16.9 Å². The molecule has 0 bridgehead atoms. The van der Waals surface area contributed by atoms with Crippen LogP contribution in [0.5, 0.6) is 0 Å². The number of hydrogen-bond donors (Lipinski definition) is 1. The lowest BCUT2D eigenvalue weighted by Crippen LogP contribution is -2.26. The van der Waals surface area contributed by atoms with Gasteiger partial charge in [0.25, 0.3) is 5.91 Å². The van der Waals surface area contributed by atoms with Gasteiger partial charge in [-0.25, -0.2) is 5.43 Å². The zero-order chi connectivity index (χ0) is 15.9. The Balaban J connectivity index is 4.68. The zero-order valence-corrected chi connectivity index (χ0v) is 11.1. The van der Waals surface area contributed by atoms with Gasteiger partial charge in [0, 0.05) is 26.0 Å². The van der Waals surface area contributed by atoms with Crippen LogP contribution in [-0.2, 0) is 9.59 Å². The van der Waals surface area contributed by atoms with Crippen molar-refractivity contribution in [3.63, 3.8) is 0 Å². The molecule has 6 nitrogen and oxygen atoms in total. The van der Waals surface area contributed by atoms with Crippen LogP contribution in [0, 0.1) is 11.3 Å². The molecule has 0 aromatic carbocycles. The first-order chi connectivity index (χ1) is 9.07. The smallest absolute Gasteiger partial charge is 0.382 e. The van der Waals surface area contributed by atoms with Gasteiger partial charge in [0.15, 0.2) is 0 Å². The SMILES string of the molecule is CC(CC(=O)C(F)(F)F)=NNC(=O)/C(C#N)=C/N(C)C. The minimum Gasteiger partial charge on any atom is -0.382 e. The third kappa shape index (κ3) is 6.53. The molecule has 0 fully saturated rings. The second-order valence-corrected chi connectivity index (χ2v) is 4.00. The Hall–Kier alpha value is -2.37. The summed E-state index contributed by atoms with van der Waals surface area (Å²) in [6, 6.07) is 1.61. The van der Waals surface area contributed by atoms with E-state index in [1.807, 2.05) is 5.43 Å². The van der Waals surface area contributed by atoms with Crippen molar-refractivity contribution in [3.05, 3.63) is 11.8 Å². The second-order valence-electron chi connectivity index (χ2n) is 4.00. The number of amides is 1. The van der Waals surface area contributed by atoms with Crippen LogP contribution in [0.25, 0.3) is 0 Å². The van der Waals surface area contributed by atoms with Crippen molar-refractivity contribution in [3.8, 4) is 6.07 Å². The Morgan fingerprint density at radius 2 is 1.95 bits per heavy atom. The molecule has 0 heterocycles. The fourth-order valence-electron chi connectivity index (χ4n) is 0.975. The molecule has 0 atom stereocenters. The van der Waals surface area contributed by atoms with E-state index in [1.165, 1.54) is 11.1 Å². The fraction of sp³-hybridized carbons (Fsp3) is 0.455. The van der Waals surface area contributed by atoms with Crippen LogP contribution in [0.4, 0.5) is 13.2 Å². The van der Waals surface area contributed by atoms with E-state index in [0.717, 1.165) is 6.92 Å². The van der Waals surface area contributed by atoms with Gasteiger partial charge in [-0.15, -0.1) is 0 Å². The number of carbonyl (C=O) groups is 2. The lowest BCUT2D eigenvalue weighted by atomic mass is 10.2. The first kappa shape index (κ1) is 17.6.